The molecule has 0 radical (unpaired) electrons. The van der Waals surface area contributed by atoms with Gasteiger partial charge in [-0.2, -0.15) is 0 Å². The molecule has 1 aromatic carbocycles. The molecule has 0 aliphatic carbocycles. The number of hydrogen-bond acceptors (Lipinski definition) is 3. The lowest BCUT2D eigenvalue weighted by Crippen LogP contribution is -2.42. The highest BCUT2D eigenvalue weighted by molar-refractivity contribution is 5.94. The van der Waals surface area contributed by atoms with Crippen LogP contribution in [0, 0.1) is 0 Å². The molecule has 0 saturated carbocycles. The molecule has 1 amide bonds. The first-order valence-corrected chi connectivity index (χ1v) is 7.32. The lowest BCUT2D eigenvalue weighted by Gasteiger charge is -2.28. The van der Waals surface area contributed by atoms with Crippen LogP contribution in [0.3, 0.4) is 0 Å². The first-order chi connectivity index (χ1) is 9.63. The van der Waals surface area contributed by atoms with Crippen molar-refractivity contribution in [3.63, 3.8) is 0 Å². The standard InChI is InChI=1S/C16H24N2O2/c1-17(2)14-9-7-13(8-10-14)16(20)18-11-5-3-4-6-15(18)12-19/h7-10,15,19H,3-6,11-12H2,1-2H3. The van der Waals surface area contributed by atoms with Gasteiger partial charge in [-0.3, -0.25) is 4.79 Å². The molecule has 0 aromatic heterocycles. The third-order valence-corrected chi connectivity index (χ3v) is 3.98. The monoisotopic (exact) mass is 276 g/mol. The van der Waals surface area contributed by atoms with Gasteiger partial charge < -0.3 is 14.9 Å². The minimum absolute atomic E-state index is 0.0291. The summed E-state index contributed by atoms with van der Waals surface area (Å²) in [6.07, 6.45) is 4.16. The van der Waals surface area contributed by atoms with Crippen molar-refractivity contribution in [1.29, 1.82) is 0 Å². The predicted molar refractivity (Wildman–Crippen MR) is 81.1 cm³/mol. The normalized spacial score (nSPS) is 19.6. The molecule has 0 bridgehead atoms. The van der Waals surface area contributed by atoms with Crippen molar-refractivity contribution in [2.75, 3.05) is 32.1 Å². The maximum atomic E-state index is 12.6. The van der Waals surface area contributed by atoms with Crippen molar-refractivity contribution in [3.8, 4) is 0 Å². The molecule has 1 heterocycles. The predicted octanol–water partition coefficient (Wildman–Crippen LogP) is 2.13. The lowest BCUT2D eigenvalue weighted by molar-refractivity contribution is 0.0600. The SMILES string of the molecule is CN(C)c1ccc(C(=O)N2CCCCCC2CO)cc1. The molecule has 20 heavy (non-hydrogen) atoms. The molecule has 1 saturated heterocycles. The van der Waals surface area contributed by atoms with E-state index in [1.807, 2.05) is 48.2 Å². The highest BCUT2D eigenvalue weighted by atomic mass is 16.3. The number of nitrogens with zero attached hydrogens (tertiary/aromatic N) is 2. The fourth-order valence-corrected chi connectivity index (χ4v) is 2.70. The zero-order valence-corrected chi connectivity index (χ0v) is 12.4. The lowest BCUT2D eigenvalue weighted by atomic mass is 10.1. The van der Waals surface area contributed by atoms with Gasteiger partial charge in [0.25, 0.3) is 5.91 Å². The maximum Gasteiger partial charge on any atom is 0.254 e. The van der Waals surface area contributed by atoms with Gasteiger partial charge in [-0.05, 0) is 37.1 Å². The molecule has 1 aliphatic rings. The number of carbonyl (C=O) groups is 1. The zero-order valence-electron chi connectivity index (χ0n) is 12.4. The van der Waals surface area contributed by atoms with Crippen molar-refractivity contribution in [2.45, 2.75) is 31.7 Å². The molecule has 2 rings (SSSR count). The molecule has 1 aromatic rings. The Balaban J connectivity index is 2.15. The Morgan fingerprint density at radius 3 is 2.55 bits per heavy atom. The Bertz CT molecular complexity index is 442. The van der Waals surface area contributed by atoms with E-state index in [9.17, 15) is 9.90 Å². The van der Waals surface area contributed by atoms with Crippen molar-refractivity contribution < 1.29 is 9.90 Å². The fourth-order valence-electron chi connectivity index (χ4n) is 2.70. The topological polar surface area (TPSA) is 43.8 Å². The first kappa shape index (κ1) is 14.9. The molecule has 1 aliphatic heterocycles. The molecule has 4 heteroatoms. The number of aliphatic hydroxyl groups excluding tert-OH is 1. The van der Waals surface area contributed by atoms with Crippen LogP contribution in [0.2, 0.25) is 0 Å². The van der Waals surface area contributed by atoms with E-state index in [1.165, 1.54) is 0 Å². The summed E-state index contributed by atoms with van der Waals surface area (Å²) in [7, 11) is 3.96. The van der Waals surface area contributed by atoms with E-state index in [2.05, 4.69) is 0 Å². The zero-order chi connectivity index (χ0) is 14.5. The Hall–Kier alpha value is -1.55. The van der Waals surface area contributed by atoms with E-state index in [0.717, 1.165) is 37.9 Å². The number of anilines is 1. The smallest absolute Gasteiger partial charge is 0.254 e. The quantitative estimate of drug-likeness (QED) is 0.920. The third kappa shape index (κ3) is 3.31. The van der Waals surface area contributed by atoms with E-state index >= 15 is 0 Å². The summed E-state index contributed by atoms with van der Waals surface area (Å²) >= 11 is 0. The average molecular weight is 276 g/mol. The van der Waals surface area contributed by atoms with Crippen molar-refractivity contribution in [3.05, 3.63) is 29.8 Å². The molecule has 1 N–H and O–H groups in total. The van der Waals surface area contributed by atoms with Crippen LogP contribution in [0.15, 0.2) is 24.3 Å². The second-order valence-corrected chi connectivity index (χ2v) is 5.63. The van der Waals surface area contributed by atoms with Crippen LogP contribution < -0.4 is 4.90 Å². The minimum atomic E-state index is -0.0291. The van der Waals surface area contributed by atoms with Crippen molar-refractivity contribution in [1.82, 2.24) is 4.90 Å². The largest absolute Gasteiger partial charge is 0.394 e. The van der Waals surface area contributed by atoms with Crippen LogP contribution in [0.1, 0.15) is 36.0 Å². The summed E-state index contributed by atoms with van der Waals surface area (Å²) in [6, 6.07) is 7.63. The van der Waals surface area contributed by atoms with Crippen LogP contribution in [-0.2, 0) is 0 Å². The van der Waals surface area contributed by atoms with Gasteiger partial charge in [0.05, 0.1) is 12.6 Å². The molecule has 0 spiro atoms. The summed E-state index contributed by atoms with van der Waals surface area (Å²) < 4.78 is 0. The fraction of sp³-hybridized carbons (Fsp3) is 0.562. The molecular weight excluding hydrogens is 252 g/mol. The third-order valence-electron chi connectivity index (χ3n) is 3.98. The van der Waals surface area contributed by atoms with Crippen molar-refractivity contribution >= 4 is 11.6 Å². The first-order valence-electron chi connectivity index (χ1n) is 7.32. The second-order valence-electron chi connectivity index (χ2n) is 5.63. The molecule has 1 unspecified atom stereocenters. The highest BCUT2D eigenvalue weighted by Crippen LogP contribution is 2.20. The van der Waals surface area contributed by atoms with E-state index in [4.69, 9.17) is 0 Å². The summed E-state index contributed by atoms with van der Waals surface area (Å²) in [6.45, 7) is 0.807. The van der Waals surface area contributed by atoms with Gasteiger partial charge in [0.1, 0.15) is 0 Å². The Morgan fingerprint density at radius 1 is 1.25 bits per heavy atom. The Morgan fingerprint density at radius 2 is 1.95 bits per heavy atom. The summed E-state index contributed by atoms with van der Waals surface area (Å²) in [5.41, 5.74) is 1.78. The number of benzene rings is 1. The minimum Gasteiger partial charge on any atom is -0.394 e. The van der Waals surface area contributed by atoms with E-state index in [1.54, 1.807) is 0 Å². The van der Waals surface area contributed by atoms with E-state index in [0.29, 0.717) is 5.56 Å². The van der Waals surface area contributed by atoms with Crippen LogP contribution in [-0.4, -0.2) is 49.2 Å². The number of hydrogen-bond donors (Lipinski definition) is 1. The number of rotatable bonds is 3. The molecule has 110 valence electrons. The summed E-state index contributed by atoms with van der Waals surface area (Å²) in [4.78, 5) is 16.5. The van der Waals surface area contributed by atoms with Gasteiger partial charge in [-0.25, -0.2) is 0 Å². The summed E-state index contributed by atoms with van der Waals surface area (Å²) in [5.74, 6) is 0.0382. The van der Waals surface area contributed by atoms with E-state index in [-0.39, 0.29) is 18.6 Å². The average Bonchev–Trinajstić information content (AvgIpc) is 2.71. The summed E-state index contributed by atoms with van der Waals surface area (Å²) in [5, 5.41) is 9.50. The maximum absolute atomic E-state index is 12.6. The van der Waals surface area contributed by atoms with Gasteiger partial charge in [0, 0.05) is 31.9 Å². The molecular formula is C16H24N2O2. The number of carbonyl (C=O) groups excluding carboxylic acids is 1. The van der Waals surface area contributed by atoms with E-state index < -0.39 is 0 Å². The van der Waals surface area contributed by atoms with Crippen LogP contribution in [0.5, 0.6) is 0 Å². The second kappa shape index (κ2) is 6.75. The number of amides is 1. The van der Waals surface area contributed by atoms with Gasteiger partial charge in [0.2, 0.25) is 0 Å². The van der Waals surface area contributed by atoms with Gasteiger partial charge in [0.15, 0.2) is 0 Å². The van der Waals surface area contributed by atoms with Crippen molar-refractivity contribution in [2.24, 2.45) is 0 Å². The molecule has 1 fully saturated rings. The van der Waals surface area contributed by atoms with Gasteiger partial charge in [-0.15, -0.1) is 0 Å². The van der Waals surface area contributed by atoms with Gasteiger partial charge in [-0.1, -0.05) is 12.8 Å². The van der Waals surface area contributed by atoms with Crippen LogP contribution in [0.4, 0.5) is 5.69 Å². The molecule has 4 nitrogen and oxygen atoms in total. The molecule has 1 atom stereocenters. The van der Waals surface area contributed by atoms with Crippen LogP contribution >= 0.6 is 0 Å². The van der Waals surface area contributed by atoms with Gasteiger partial charge >= 0.3 is 0 Å². The highest BCUT2D eigenvalue weighted by Gasteiger charge is 2.25. The Kier molecular flexibility index (Phi) is 5.01. The number of aliphatic hydroxyl groups is 1. The number of likely N-dealkylation sites (tertiary alicyclic amines) is 1. The van der Waals surface area contributed by atoms with Crippen LogP contribution in [0.25, 0.3) is 0 Å². The Labute approximate surface area is 121 Å².